The Kier molecular flexibility index (Phi) is 3.14. The maximum absolute atomic E-state index is 13.5. The molecule has 0 aromatic carbocycles. The van der Waals surface area contributed by atoms with Crippen molar-refractivity contribution in [2.24, 2.45) is 0 Å². The minimum absolute atomic E-state index is 0.209. The van der Waals surface area contributed by atoms with Crippen molar-refractivity contribution in [2.45, 2.75) is 6.92 Å². The molecule has 0 spiro atoms. The zero-order chi connectivity index (χ0) is 13.3. The van der Waals surface area contributed by atoms with Crippen LogP contribution in [-0.4, -0.2) is 34.2 Å². The average molecular weight is 247 g/mol. The Morgan fingerprint density at radius 3 is 2.89 bits per heavy atom. The first-order valence-corrected chi connectivity index (χ1v) is 5.51. The third kappa shape index (κ3) is 2.25. The van der Waals surface area contributed by atoms with E-state index in [9.17, 15) is 9.18 Å². The Morgan fingerprint density at radius 1 is 1.50 bits per heavy atom. The number of nitrogens with zero attached hydrogens (tertiary/aromatic N) is 3. The summed E-state index contributed by atoms with van der Waals surface area (Å²) in [5.74, 6) is -0.564. The highest BCUT2D eigenvalue weighted by Crippen LogP contribution is 2.13. The highest BCUT2D eigenvalue weighted by molar-refractivity contribution is 6.03. The van der Waals surface area contributed by atoms with E-state index in [2.05, 4.69) is 4.98 Å². The highest BCUT2D eigenvalue weighted by atomic mass is 19.1. The number of hydrogen-bond donors (Lipinski definition) is 0. The van der Waals surface area contributed by atoms with Gasteiger partial charge in [0.05, 0.1) is 6.20 Å². The molecule has 0 unspecified atom stereocenters. The monoisotopic (exact) mass is 247 g/mol. The zero-order valence-electron chi connectivity index (χ0n) is 10.5. The quantitative estimate of drug-likeness (QED) is 0.615. The van der Waals surface area contributed by atoms with Gasteiger partial charge in [-0.15, -0.1) is 0 Å². The first kappa shape index (κ1) is 12.3. The van der Waals surface area contributed by atoms with Crippen LogP contribution in [0.25, 0.3) is 5.65 Å². The molecular formula is C13H14FN3O. The lowest BCUT2D eigenvalue weighted by Crippen LogP contribution is -2.05. The van der Waals surface area contributed by atoms with Gasteiger partial charge < -0.3 is 4.90 Å². The molecule has 0 bridgehead atoms. The standard InChI is InChI=1S/C13H14FN3O/c1-9-6-13-15-7-11(17(13)8-10(9)14)12(18)4-5-16(2)3/h4-8H,1-3H3. The molecule has 5 heteroatoms. The molecule has 0 saturated carbocycles. The third-order valence-corrected chi connectivity index (χ3v) is 2.57. The fourth-order valence-electron chi connectivity index (χ4n) is 1.58. The zero-order valence-corrected chi connectivity index (χ0v) is 10.5. The Morgan fingerprint density at radius 2 is 2.22 bits per heavy atom. The normalized spacial score (nSPS) is 11.3. The summed E-state index contributed by atoms with van der Waals surface area (Å²) in [6, 6.07) is 1.61. The minimum atomic E-state index is -0.355. The number of carbonyl (C=O) groups is 1. The molecule has 4 nitrogen and oxygen atoms in total. The first-order valence-electron chi connectivity index (χ1n) is 5.51. The van der Waals surface area contributed by atoms with Crippen molar-refractivity contribution in [3.63, 3.8) is 0 Å². The smallest absolute Gasteiger partial charge is 0.205 e. The lowest BCUT2D eigenvalue weighted by Gasteiger charge is -2.03. The number of pyridine rings is 1. The molecule has 18 heavy (non-hydrogen) atoms. The molecule has 0 saturated heterocycles. The summed E-state index contributed by atoms with van der Waals surface area (Å²) in [5.41, 5.74) is 1.42. The number of carbonyl (C=O) groups excluding carboxylic acids is 1. The van der Waals surface area contributed by atoms with Crippen molar-refractivity contribution >= 4 is 11.4 Å². The SMILES string of the molecule is Cc1cc2ncc(C(=O)C=CN(C)C)n2cc1F. The first-order chi connectivity index (χ1) is 8.49. The molecule has 2 heterocycles. The Hall–Kier alpha value is -2.17. The number of rotatable bonds is 3. The summed E-state index contributed by atoms with van der Waals surface area (Å²) in [6.45, 7) is 1.66. The van der Waals surface area contributed by atoms with Crippen LogP contribution < -0.4 is 0 Å². The summed E-state index contributed by atoms with van der Waals surface area (Å²) in [4.78, 5) is 17.8. The van der Waals surface area contributed by atoms with Crippen LogP contribution >= 0.6 is 0 Å². The second kappa shape index (κ2) is 4.60. The summed E-state index contributed by atoms with van der Waals surface area (Å²) < 4.78 is 15.0. The van der Waals surface area contributed by atoms with Crippen molar-refractivity contribution < 1.29 is 9.18 Å². The second-order valence-corrected chi connectivity index (χ2v) is 4.32. The van der Waals surface area contributed by atoms with Gasteiger partial charge >= 0.3 is 0 Å². The van der Waals surface area contributed by atoms with Gasteiger partial charge in [-0.3, -0.25) is 9.20 Å². The number of aryl methyl sites for hydroxylation is 1. The summed E-state index contributed by atoms with van der Waals surface area (Å²) in [5, 5.41) is 0. The number of aromatic nitrogens is 2. The van der Waals surface area contributed by atoms with Gasteiger partial charge in [0.25, 0.3) is 0 Å². The van der Waals surface area contributed by atoms with E-state index in [4.69, 9.17) is 0 Å². The van der Waals surface area contributed by atoms with Gasteiger partial charge in [-0.05, 0) is 18.6 Å². The van der Waals surface area contributed by atoms with Crippen LogP contribution in [0.3, 0.4) is 0 Å². The maximum atomic E-state index is 13.5. The highest BCUT2D eigenvalue weighted by Gasteiger charge is 2.11. The van der Waals surface area contributed by atoms with E-state index in [1.54, 1.807) is 24.1 Å². The summed E-state index contributed by atoms with van der Waals surface area (Å²) in [7, 11) is 3.64. The van der Waals surface area contributed by atoms with Gasteiger partial charge in [0.1, 0.15) is 17.2 Å². The van der Waals surface area contributed by atoms with Crippen molar-refractivity contribution in [3.8, 4) is 0 Å². The van der Waals surface area contributed by atoms with Gasteiger partial charge in [-0.1, -0.05) is 0 Å². The molecule has 0 fully saturated rings. The third-order valence-electron chi connectivity index (χ3n) is 2.57. The number of allylic oxidation sites excluding steroid dienone is 1. The van der Waals surface area contributed by atoms with Crippen LogP contribution in [0.2, 0.25) is 0 Å². The van der Waals surface area contributed by atoms with Gasteiger partial charge in [0, 0.05) is 32.6 Å². The molecule has 2 aromatic heterocycles. The molecule has 94 valence electrons. The maximum Gasteiger partial charge on any atom is 0.205 e. The van der Waals surface area contributed by atoms with Crippen LogP contribution in [-0.2, 0) is 0 Å². The molecule has 0 atom stereocenters. The minimum Gasteiger partial charge on any atom is -0.383 e. The molecular weight excluding hydrogens is 233 g/mol. The number of hydrogen-bond acceptors (Lipinski definition) is 3. The number of ketones is 1. The predicted octanol–water partition coefficient (Wildman–Crippen LogP) is 2.04. The molecule has 0 aliphatic heterocycles. The average Bonchev–Trinajstić information content (AvgIpc) is 2.69. The van der Waals surface area contributed by atoms with Crippen LogP contribution in [0.5, 0.6) is 0 Å². The van der Waals surface area contributed by atoms with Gasteiger partial charge in [-0.2, -0.15) is 0 Å². The Bertz CT molecular complexity index is 628. The molecule has 0 N–H and O–H groups in total. The second-order valence-electron chi connectivity index (χ2n) is 4.32. The summed E-state index contributed by atoms with van der Waals surface area (Å²) in [6.07, 6.45) is 5.82. The van der Waals surface area contributed by atoms with E-state index in [1.807, 2.05) is 14.1 Å². The van der Waals surface area contributed by atoms with E-state index in [1.165, 1.54) is 22.9 Å². The van der Waals surface area contributed by atoms with E-state index in [-0.39, 0.29) is 11.6 Å². The molecule has 0 aliphatic carbocycles. The topological polar surface area (TPSA) is 37.6 Å². The van der Waals surface area contributed by atoms with E-state index >= 15 is 0 Å². The largest absolute Gasteiger partial charge is 0.383 e. The predicted molar refractivity (Wildman–Crippen MR) is 67.0 cm³/mol. The molecule has 0 radical (unpaired) electrons. The number of halogens is 1. The van der Waals surface area contributed by atoms with Gasteiger partial charge in [0.2, 0.25) is 5.78 Å². The Balaban J connectivity index is 2.46. The molecule has 0 amide bonds. The fraction of sp³-hybridized carbons (Fsp3) is 0.231. The van der Waals surface area contributed by atoms with Crippen LogP contribution in [0.4, 0.5) is 4.39 Å². The van der Waals surface area contributed by atoms with E-state index in [0.29, 0.717) is 16.9 Å². The van der Waals surface area contributed by atoms with Crippen molar-refractivity contribution in [1.82, 2.24) is 14.3 Å². The number of fused-ring (bicyclic) bond motifs is 1. The van der Waals surface area contributed by atoms with Crippen molar-refractivity contribution in [1.29, 1.82) is 0 Å². The van der Waals surface area contributed by atoms with Crippen molar-refractivity contribution in [2.75, 3.05) is 14.1 Å². The summed E-state index contributed by atoms with van der Waals surface area (Å²) >= 11 is 0. The van der Waals surface area contributed by atoms with Crippen LogP contribution in [0, 0.1) is 12.7 Å². The fourth-order valence-corrected chi connectivity index (χ4v) is 1.58. The lowest BCUT2D eigenvalue weighted by atomic mass is 10.2. The van der Waals surface area contributed by atoms with E-state index < -0.39 is 0 Å². The number of imidazole rings is 1. The molecule has 2 aromatic rings. The van der Waals surface area contributed by atoms with E-state index in [0.717, 1.165) is 0 Å². The Labute approximate surface area is 104 Å². The van der Waals surface area contributed by atoms with Gasteiger partial charge in [0.15, 0.2) is 0 Å². The van der Waals surface area contributed by atoms with Crippen LogP contribution in [0.15, 0.2) is 30.7 Å². The lowest BCUT2D eigenvalue weighted by molar-refractivity contribution is 0.104. The van der Waals surface area contributed by atoms with Crippen LogP contribution in [0.1, 0.15) is 16.1 Å². The van der Waals surface area contributed by atoms with Crippen molar-refractivity contribution in [3.05, 3.63) is 47.8 Å². The molecule has 2 rings (SSSR count). The van der Waals surface area contributed by atoms with Gasteiger partial charge in [-0.25, -0.2) is 9.37 Å². The molecule has 0 aliphatic rings.